The van der Waals surface area contributed by atoms with Crippen molar-refractivity contribution in [2.24, 2.45) is 4.99 Å². The summed E-state index contributed by atoms with van der Waals surface area (Å²) in [6.07, 6.45) is 2.99. The maximum absolute atomic E-state index is 10.6. The van der Waals surface area contributed by atoms with Crippen molar-refractivity contribution < 1.29 is 14.6 Å². The smallest absolute Gasteiger partial charge is 0.191 e. The van der Waals surface area contributed by atoms with Crippen molar-refractivity contribution in [3.8, 4) is 11.5 Å². The summed E-state index contributed by atoms with van der Waals surface area (Å²) in [4.78, 5) is 10.2. The lowest BCUT2D eigenvalue weighted by atomic mass is 10.1. The molecule has 0 amide bonds. The Balaban J connectivity index is 1.97. The number of thiazole rings is 1. The first kappa shape index (κ1) is 22.0. The van der Waals surface area contributed by atoms with Gasteiger partial charge in [-0.3, -0.25) is 4.99 Å². The molecule has 2 rings (SSSR count). The first-order chi connectivity index (χ1) is 13.6. The van der Waals surface area contributed by atoms with Gasteiger partial charge in [0.1, 0.15) is 17.6 Å². The second-order valence-electron chi connectivity index (χ2n) is 6.09. The summed E-state index contributed by atoms with van der Waals surface area (Å²) in [5, 5.41) is 18.2. The van der Waals surface area contributed by atoms with Gasteiger partial charge in [-0.15, -0.1) is 11.3 Å². The van der Waals surface area contributed by atoms with Gasteiger partial charge in [0, 0.05) is 36.1 Å². The van der Waals surface area contributed by atoms with Gasteiger partial charge in [0.25, 0.3) is 0 Å². The van der Waals surface area contributed by atoms with Gasteiger partial charge < -0.3 is 25.2 Å². The highest BCUT2D eigenvalue weighted by Gasteiger charge is 2.14. The topological polar surface area (TPSA) is 88.0 Å². The third-order valence-electron chi connectivity index (χ3n) is 4.14. The highest BCUT2D eigenvalue weighted by atomic mass is 32.1. The second-order valence-corrected chi connectivity index (χ2v) is 7.29. The van der Waals surface area contributed by atoms with Gasteiger partial charge in [-0.2, -0.15) is 0 Å². The van der Waals surface area contributed by atoms with Crippen LogP contribution >= 0.6 is 11.3 Å². The zero-order valence-electron chi connectivity index (χ0n) is 17.0. The van der Waals surface area contributed by atoms with Gasteiger partial charge >= 0.3 is 0 Å². The van der Waals surface area contributed by atoms with Crippen LogP contribution in [0.15, 0.2) is 29.4 Å². The fraction of sp³-hybridized carbons (Fsp3) is 0.500. The minimum atomic E-state index is -0.799. The lowest BCUT2D eigenvalue weighted by molar-refractivity contribution is 0.182. The van der Waals surface area contributed by atoms with Crippen LogP contribution in [-0.2, 0) is 12.8 Å². The second kappa shape index (κ2) is 11.5. The number of nitrogens with one attached hydrogen (secondary N) is 2. The number of hydrogen-bond donors (Lipinski definition) is 3. The predicted octanol–water partition coefficient (Wildman–Crippen LogP) is 2.55. The summed E-state index contributed by atoms with van der Waals surface area (Å²) >= 11 is 1.74. The third-order valence-corrected chi connectivity index (χ3v) is 5.35. The zero-order chi connectivity index (χ0) is 20.4. The number of rotatable bonds is 10. The minimum Gasteiger partial charge on any atom is -0.497 e. The van der Waals surface area contributed by atoms with E-state index in [2.05, 4.69) is 27.5 Å². The fourth-order valence-electron chi connectivity index (χ4n) is 2.63. The van der Waals surface area contributed by atoms with Gasteiger partial charge in [0.15, 0.2) is 5.96 Å². The minimum absolute atomic E-state index is 0.204. The number of guanidine groups is 1. The summed E-state index contributed by atoms with van der Waals surface area (Å²) in [5.41, 5.74) is 0.649. The molecule has 0 aliphatic heterocycles. The molecule has 0 saturated carbocycles. The quantitative estimate of drug-likeness (QED) is 0.415. The number of benzene rings is 1. The van der Waals surface area contributed by atoms with E-state index in [1.54, 1.807) is 43.8 Å². The Morgan fingerprint density at radius 1 is 1.25 bits per heavy atom. The number of ether oxygens (including phenoxy) is 2. The molecular weight excluding hydrogens is 376 g/mol. The van der Waals surface area contributed by atoms with E-state index in [0.717, 1.165) is 30.9 Å². The molecule has 3 N–H and O–H groups in total. The highest BCUT2D eigenvalue weighted by Crippen LogP contribution is 2.29. The maximum Gasteiger partial charge on any atom is 0.191 e. The van der Waals surface area contributed by atoms with Gasteiger partial charge in [0.2, 0.25) is 0 Å². The lowest BCUT2D eigenvalue weighted by Crippen LogP contribution is -2.38. The van der Waals surface area contributed by atoms with Crippen LogP contribution in [0.3, 0.4) is 0 Å². The average molecular weight is 407 g/mol. The molecule has 1 unspecified atom stereocenters. The number of aliphatic hydroxyl groups is 1. The first-order valence-corrected chi connectivity index (χ1v) is 10.3. The van der Waals surface area contributed by atoms with Crippen LogP contribution in [0.4, 0.5) is 0 Å². The van der Waals surface area contributed by atoms with Gasteiger partial charge in [-0.25, -0.2) is 4.98 Å². The predicted molar refractivity (Wildman–Crippen MR) is 114 cm³/mol. The van der Waals surface area contributed by atoms with E-state index in [-0.39, 0.29) is 6.54 Å². The summed E-state index contributed by atoms with van der Waals surface area (Å²) < 4.78 is 10.6. The molecule has 28 heavy (non-hydrogen) atoms. The molecular formula is C20H30N4O3S. The van der Waals surface area contributed by atoms with E-state index in [9.17, 15) is 5.11 Å². The molecule has 1 heterocycles. The van der Waals surface area contributed by atoms with E-state index < -0.39 is 6.10 Å². The van der Waals surface area contributed by atoms with Crippen molar-refractivity contribution in [1.29, 1.82) is 0 Å². The van der Waals surface area contributed by atoms with E-state index in [4.69, 9.17) is 9.47 Å². The maximum atomic E-state index is 10.6. The molecule has 7 nitrogen and oxygen atoms in total. The van der Waals surface area contributed by atoms with Crippen LogP contribution < -0.4 is 20.1 Å². The third kappa shape index (κ3) is 6.38. The van der Waals surface area contributed by atoms with Crippen LogP contribution in [0.25, 0.3) is 0 Å². The zero-order valence-corrected chi connectivity index (χ0v) is 17.8. The van der Waals surface area contributed by atoms with Crippen molar-refractivity contribution >= 4 is 17.3 Å². The van der Waals surface area contributed by atoms with Crippen LogP contribution in [0.1, 0.15) is 35.4 Å². The van der Waals surface area contributed by atoms with Crippen molar-refractivity contribution in [2.45, 2.75) is 32.8 Å². The Kier molecular flexibility index (Phi) is 9.03. The number of nitrogens with zero attached hydrogens (tertiary/aromatic N) is 2. The monoisotopic (exact) mass is 406 g/mol. The standard InChI is InChI=1S/C20H30N4O3S/c1-5-15-12-23-19(28-15)9-10-22-20(21-6-2)24-13-17(25)16-11-14(26-3)7-8-18(16)27-4/h7-8,11-12,17,25H,5-6,9-10,13H2,1-4H3,(H2,21,22,24). The summed E-state index contributed by atoms with van der Waals surface area (Å²) in [5.74, 6) is 1.94. The Labute approximate surface area is 170 Å². The van der Waals surface area contributed by atoms with E-state index in [1.807, 2.05) is 13.1 Å². The largest absolute Gasteiger partial charge is 0.497 e. The normalized spacial score (nSPS) is 12.5. The number of hydrogen-bond acceptors (Lipinski definition) is 6. The molecule has 8 heteroatoms. The van der Waals surface area contributed by atoms with Crippen molar-refractivity contribution in [3.63, 3.8) is 0 Å². The van der Waals surface area contributed by atoms with Gasteiger partial charge in [-0.1, -0.05) is 6.92 Å². The average Bonchev–Trinajstić information content (AvgIpc) is 3.19. The SMILES string of the molecule is CCNC(=NCC(O)c1cc(OC)ccc1OC)NCCc1ncc(CC)s1. The molecule has 0 aliphatic rings. The van der Waals surface area contributed by atoms with Crippen molar-refractivity contribution in [2.75, 3.05) is 33.9 Å². The van der Waals surface area contributed by atoms with E-state index >= 15 is 0 Å². The number of aliphatic imine (C=N–C) groups is 1. The van der Waals surface area contributed by atoms with E-state index in [1.165, 1.54) is 4.88 Å². The van der Waals surface area contributed by atoms with Crippen LogP contribution in [0.5, 0.6) is 11.5 Å². The lowest BCUT2D eigenvalue weighted by Gasteiger charge is -2.16. The highest BCUT2D eigenvalue weighted by molar-refractivity contribution is 7.11. The van der Waals surface area contributed by atoms with Gasteiger partial charge in [0.05, 0.1) is 25.8 Å². The molecule has 154 valence electrons. The molecule has 2 aromatic rings. The Bertz CT molecular complexity index is 764. The number of aromatic nitrogens is 1. The van der Waals surface area contributed by atoms with Crippen molar-refractivity contribution in [1.82, 2.24) is 15.6 Å². The molecule has 0 bridgehead atoms. The molecule has 0 spiro atoms. The van der Waals surface area contributed by atoms with Crippen LogP contribution in [0.2, 0.25) is 0 Å². The number of aliphatic hydroxyl groups excluding tert-OH is 1. The molecule has 0 saturated heterocycles. The number of methoxy groups -OCH3 is 2. The van der Waals surface area contributed by atoms with Gasteiger partial charge in [-0.05, 0) is 31.5 Å². The van der Waals surface area contributed by atoms with Crippen LogP contribution in [-0.4, -0.2) is 49.9 Å². The fourth-order valence-corrected chi connectivity index (χ4v) is 3.49. The molecule has 0 fully saturated rings. The Hall–Kier alpha value is -2.32. The summed E-state index contributed by atoms with van der Waals surface area (Å²) in [7, 11) is 3.17. The van der Waals surface area contributed by atoms with E-state index in [0.29, 0.717) is 23.0 Å². The summed E-state index contributed by atoms with van der Waals surface area (Å²) in [6, 6.07) is 5.35. The molecule has 1 aromatic carbocycles. The summed E-state index contributed by atoms with van der Waals surface area (Å²) in [6.45, 7) is 5.81. The van der Waals surface area contributed by atoms with Crippen LogP contribution in [0, 0.1) is 0 Å². The van der Waals surface area contributed by atoms with Crippen molar-refractivity contribution in [3.05, 3.63) is 39.8 Å². The molecule has 0 aliphatic carbocycles. The molecule has 0 radical (unpaired) electrons. The Morgan fingerprint density at radius 2 is 2.07 bits per heavy atom. The molecule has 1 aromatic heterocycles. The molecule has 1 atom stereocenters. The number of aryl methyl sites for hydroxylation is 1. The first-order valence-electron chi connectivity index (χ1n) is 9.46. The Morgan fingerprint density at radius 3 is 2.71 bits per heavy atom.